The fraction of sp³-hybridized carbons (Fsp3) is 0.280. The van der Waals surface area contributed by atoms with Gasteiger partial charge in [-0.25, -0.2) is 13.1 Å². The van der Waals surface area contributed by atoms with Gasteiger partial charge in [-0.05, 0) is 53.4 Å². The third-order valence-corrected chi connectivity index (χ3v) is 7.22. The number of hydrogen-bond donors (Lipinski definition) is 2. The molecule has 8 heteroatoms. The summed E-state index contributed by atoms with van der Waals surface area (Å²) in [5.74, 6) is -0.246. The molecule has 4 rings (SSSR count). The number of hydrogen-bond acceptors (Lipinski definition) is 4. The number of fused-ring (bicyclic) bond motifs is 1. The second kappa shape index (κ2) is 9.72. The molecule has 0 unspecified atom stereocenters. The summed E-state index contributed by atoms with van der Waals surface area (Å²) in [5, 5.41) is 4.40. The fourth-order valence-corrected chi connectivity index (χ4v) is 4.83. The summed E-state index contributed by atoms with van der Waals surface area (Å²) in [4.78, 5) is 26.6. The van der Waals surface area contributed by atoms with Gasteiger partial charge in [-0.2, -0.15) is 0 Å². The van der Waals surface area contributed by atoms with Gasteiger partial charge in [-0.15, -0.1) is 0 Å². The number of rotatable bonds is 9. The van der Waals surface area contributed by atoms with Gasteiger partial charge in [0, 0.05) is 38.2 Å². The SMILES string of the molecule is CNC(=O)c1ccc(CN(C(=O)CCNS(=O)(=O)c2ccc3ccccc3c2)C2CC2)cc1. The number of nitrogens with zero attached hydrogens (tertiary/aromatic N) is 1. The van der Waals surface area contributed by atoms with Gasteiger partial charge in [0.15, 0.2) is 0 Å². The van der Waals surface area contributed by atoms with Gasteiger partial charge >= 0.3 is 0 Å². The molecule has 3 aromatic rings. The Hall–Kier alpha value is -3.23. The zero-order chi connectivity index (χ0) is 23.4. The molecular formula is C25H27N3O4S. The highest BCUT2D eigenvalue weighted by Crippen LogP contribution is 2.29. The molecule has 0 radical (unpaired) electrons. The van der Waals surface area contributed by atoms with E-state index in [4.69, 9.17) is 0 Å². The predicted molar refractivity (Wildman–Crippen MR) is 127 cm³/mol. The lowest BCUT2D eigenvalue weighted by Gasteiger charge is -2.23. The van der Waals surface area contributed by atoms with Crippen molar-refractivity contribution < 1.29 is 18.0 Å². The Bertz CT molecular complexity index is 1270. The smallest absolute Gasteiger partial charge is 0.251 e. The normalized spacial score (nSPS) is 13.6. The zero-order valence-electron chi connectivity index (χ0n) is 18.5. The van der Waals surface area contributed by atoms with E-state index in [1.807, 2.05) is 36.4 Å². The lowest BCUT2D eigenvalue weighted by molar-refractivity contribution is -0.132. The topological polar surface area (TPSA) is 95.6 Å². The van der Waals surface area contributed by atoms with Crippen LogP contribution in [-0.2, 0) is 21.4 Å². The third-order valence-electron chi connectivity index (χ3n) is 5.77. The quantitative estimate of drug-likeness (QED) is 0.508. The van der Waals surface area contributed by atoms with E-state index in [0.29, 0.717) is 12.1 Å². The van der Waals surface area contributed by atoms with Crippen molar-refractivity contribution in [2.45, 2.75) is 36.7 Å². The Balaban J connectivity index is 1.36. The summed E-state index contributed by atoms with van der Waals surface area (Å²) < 4.78 is 28.0. The monoisotopic (exact) mass is 465 g/mol. The maximum Gasteiger partial charge on any atom is 0.251 e. The first-order valence-electron chi connectivity index (χ1n) is 11.0. The van der Waals surface area contributed by atoms with Crippen molar-refractivity contribution >= 4 is 32.6 Å². The van der Waals surface area contributed by atoms with Crippen LogP contribution < -0.4 is 10.0 Å². The van der Waals surface area contributed by atoms with Gasteiger partial charge < -0.3 is 10.2 Å². The minimum atomic E-state index is -3.71. The van der Waals surface area contributed by atoms with Crippen LogP contribution in [0.2, 0.25) is 0 Å². The molecule has 0 atom stereocenters. The molecule has 1 aliphatic rings. The van der Waals surface area contributed by atoms with Gasteiger partial charge in [-0.1, -0.05) is 42.5 Å². The van der Waals surface area contributed by atoms with E-state index in [1.54, 1.807) is 42.3 Å². The molecule has 2 amide bonds. The summed E-state index contributed by atoms with van der Waals surface area (Å²) >= 11 is 0. The minimum absolute atomic E-state index is 0.0345. The maximum atomic E-state index is 12.9. The van der Waals surface area contributed by atoms with E-state index < -0.39 is 10.0 Å². The summed E-state index contributed by atoms with van der Waals surface area (Å²) in [6, 6.07) is 19.9. The Morgan fingerprint density at radius 1 is 0.970 bits per heavy atom. The lowest BCUT2D eigenvalue weighted by atomic mass is 10.1. The van der Waals surface area contributed by atoms with Crippen LogP contribution in [0, 0.1) is 0 Å². The second-order valence-corrected chi connectivity index (χ2v) is 9.95. The number of amides is 2. The van der Waals surface area contributed by atoms with E-state index in [-0.39, 0.29) is 35.7 Å². The molecule has 2 N–H and O–H groups in total. The van der Waals surface area contributed by atoms with Crippen LogP contribution >= 0.6 is 0 Å². The molecule has 1 saturated carbocycles. The van der Waals surface area contributed by atoms with Crippen LogP contribution in [0.3, 0.4) is 0 Å². The van der Waals surface area contributed by atoms with Gasteiger partial charge in [-0.3, -0.25) is 9.59 Å². The zero-order valence-corrected chi connectivity index (χ0v) is 19.3. The van der Waals surface area contributed by atoms with Crippen LogP contribution in [0.15, 0.2) is 71.6 Å². The number of sulfonamides is 1. The molecule has 172 valence electrons. The number of benzene rings is 3. The Kier molecular flexibility index (Phi) is 6.76. The largest absolute Gasteiger partial charge is 0.355 e. The van der Waals surface area contributed by atoms with Crippen molar-refractivity contribution in [3.05, 3.63) is 77.9 Å². The highest BCUT2D eigenvalue weighted by Gasteiger charge is 2.32. The van der Waals surface area contributed by atoms with E-state index in [9.17, 15) is 18.0 Å². The van der Waals surface area contributed by atoms with Crippen LogP contribution in [0.1, 0.15) is 35.2 Å². The number of carbonyl (C=O) groups excluding carboxylic acids is 2. The second-order valence-electron chi connectivity index (χ2n) is 8.19. The molecule has 0 aliphatic heterocycles. The number of nitrogens with one attached hydrogen (secondary N) is 2. The van der Waals surface area contributed by atoms with Crippen LogP contribution in [0.25, 0.3) is 10.8 Å². The van der Waals surface area contributed by atoms with E-state index in [2.05, 4.69) is 10.0 Å². The molecule has 3 aromatic carbocycles. The van der Waals surface area contributed by atoms with Crippen LogP contribution in [0.5, 0.6) is 0 Å². The Morgan fingerprint density at radius 3 is 2.33 bits per heavy atom. The highest BCUT2D eigenvalue weighted by atomic mass is 32.2. The molecular weight excluding hydrogens is 438 g/mol. The molecule has 0 heterocycles. The standard InChI is InChI=1S/C25H27N3O4S/c1-26-25(30)20-8-6-18(7-9-20)17-28(22-11-12-22)24(29)14-15-27-33(31,32)23-13-10-19-4-2-3-5-21(19)16-23/h2-10,13,16,22,27H,11-12,14-15,17H2,1H3,(H,26,30). The molecule has 1 aliphatic carbocycles. The van der Waals surface area contributed by atoms with Crippen LogP contribution in [-0.4, -0.2) is 44.8 Å². The summed E-state index contributed by atoms with van der Waals surface area (Å²) in [5.41, 5.74) is 1.49. The van der Waals surface area contributed by atoms with Crippen molar-refractivity contribution in [1.29, 1.82) is 0 Å². The number of carbonyl (C=O) groups is 2. The summed E-state index contributed by atoms with van der Waals surface area (Å²) in [6.45, 7) is 0.474. The lowest BCUT2D eigenvalue weighted by Crippen LogP contribution is -2.35. The van der Waals surface area contributed by atoms with Crippen molar-refractivity contribution in [3.8, 4) is 0 Å². The minimum Gasteiger partial charge on any atom is -0.355 e. The van der Waals surface area contributed by atoms with Crippen molar-refractivity contribution in [3.63, 3.8) is 0 Å². The summed E-state index contributed by atoms with van der Waals surface area (Å²) in [7, 11) is -2.13. The third kappa shape index (κ3) is 5.58. The fourth-order valence-electron chi connectivity index (χ4n) is 3.76. The van der Waals surface area contributed by atoms with E-state index in [1.165, 1.54) is 0 Å². The first kappa shape index (κ1) is 22.9. The average molecular weight is 466 g/mol. The maximum absolute atomic E-state index is 12.9. The molecule has 7 nitrogen and oxygen atoms in total. The first-order chi connectivity index (χ1) is 15.9. The summed E-state index contributed by atoms with van der Waals surface area (Å²) in [6.07, 6.45) is 1.98. The molecule has 33 heavy (non-hydrogen) atoms. The van der Waals surface area contributed by atoms with Gasteiger partial charge in [0.1, 0.15) is 0 Å². The predicted octanol–water partition coefficient (Wildman–Crippen LogP) is 3.06. The van der Waals surface area contributed by atoms with E-state index >= 15 is 0 Å². The first-order valence-corrected chi connectivity index (χ1v) is 12.4. The van der Waals surface area contributed by atoms with Gasteiger partial charge in [0.05, 0.1) is 4.90 Å². The Labute approximate surface area is 193 Å². The molecule has 1 fully saturated rings. The van der Waals surface area contributed by atoms with Gasteiger partial charge in [0.25, 0.3) is 5.91 Å². The highest BCUT2D eigenvalue weighted by molar-refractivity contribution is 7.89. The molecule has 0 saturated heterocycles. The molecule has 0 spiro atoms. The Morgan fingerprint density at radius 2 is 1.67 bits per heavy atom. The average Bonchev–Trinajstić information content (AvgIpc) is 3.67. The van der Waals surface area contributed by atoms with Crippen molar-refractivity contribution in [2.24, 2.45) is 0 Å². The van der Waals surface area contributed by atoms with Crippen LogP contribution in [0.4, 0.5) is 0 Å². The van der Waals surface area contributed by atoms with Gasteiger partial charge in [0.2, 0.25) is 15.9 Å². The van der Waals surface area contributed by atoms with E-state index in [0.717, 1.165) is 29.2 Å². The molecule has 0 aromatic heterocycles. The van der Waals surface area contributed by atoms with Crippen molar-refractivity contribution in [2.75, 3.05) is 13.6 Å². The molecule has 0 bridgehead atoms. The van der Waals surface area contributed by atoms with Crippen molar-refractivity contribution in [1.82, 2.24) is 14.9 Å².